The summed E-state index contributed by atoms with van der Waals surface area (Å²) in [5.74, 6) is -0.561. The van der Waals surface area contributed by atoms with Gasteiger partial charge in [0.15, 0.2) is 0 Å². The number of anilines is 1. The lowest BCUT2D eigenvalue weighted by Gasteiger charge is -2.41. The number of H-pyrrole nitrogens is 1. The molecule has 0 aliphatic carbocycles. The van der Waals surface area contributed by atoms with Crippen molar-refractivity contribution in [1.29, 1.82) is 0 Å². The quantitative estimate of drug-likeness (QED) is 0.443. The van der Waals surface area contributed by atoms with Crippen LogP contribution in [0.1, 0.15) is 43.7 Å². The standard InChI is InChI=1S/C28H21ClN4O3/c29-16-9-10-22-20(13-16)21-14-31(12-11-23(21)30-22)25(34)15-32-26-17-5-1-2-6-18(17)28(36)33(26)24-8-4-3-7-19(24)27(32)35/h1-10,13,26,30H,11-12,14-15H2/t26-/m0/s1. The first kappa shape index (κ1) is 21.2. The molecule has 3 aliphatic heterocycles. The third-order valence-electron chi connectivity index (χ3n) is 7.48. The number of amides is 3. The van der Waals surface area contributed by atoms with Crippen molar-refractivity contribution in [3.8, 4) is 0 Å². The number of fused-ring (bicyclic) bond motifs is 8. The average molecular weight is 497 g/mol. The molecule has 0 bridgehead atoms. The third kappa shape index (κ3) is 2.96. The smallest absolute Gasteiger partial charge is 0.260 e. The summed E-state index contributed by atoms with van der Waals surface area (Å²) in [6.07, 6.45) is 0.0494. The second-order valence-electron chi connectivity index (χ2n) is 9.42. The number of benzene rings is 3. The van der Waals surface area contributed by atoms with E-state index in [0.717, 1.165) is 27.7 Å². The van der Waals surface area contributed by atoms with Gasteiger partial charge >= 0.3 is 0 Å². The van der Waals surface area contributed by atoms with Gasteiger partial charge in [-0.3, -0.25) is 19.3 Å². The maximum Gasteiger partial charge on any atom is 0.260 e. The lowest BCUT2D eigenvalue weighted by Crippen LogP contribution is -2.52. The SMILES string of the molecule is O=C(CN1C(=O)c2ccccc2N2C(=O)c3ccccc3[C@@H]12)N1CCc2[nH]c3ccc(Cl)cc3c2C1. The molecule has 3 aromatic carbocycles. The van der Waals surface area contributed by atoms with Crippen LogP contribution >= 0.6 is 11.6 Å². The van der Waals surface area contributed by atoms with Crippen LogP contribution in [0.4, 0.5) is 5.69 Å². The first-order chi connectivity index (χ1) is 17.5. The molecule has 0 unspecified atom stereocenters. The van der Waals surface area contributed by atoms with Gasteiger partial charge in [-0.2, -0.15) is 0 Å². The highest BCUT2D eigenvalue weighted by atomic mass is 35.5. The van der Waals surface area contributed by atoms with Gasteiger partial charge in [-0.25, -0.2) is 0 Å². The Morgan fingerprint density at radius 3 is 2.61 bits per heavy atom. The predicted molar refractivity (Wildman–Crippen MR) is 136 cm³/mol. The van der Waals surface area contributed by atoms with Crippen LogP contribution in [0, 0.1) is 0 Å². The molecule has 1 N–H and O–H groups in total. The minimum Gasteiger partial charge on any atom is -0.358 e. The number of nitrogens with one attached hydrogen (secondary N) is 1. The van der Waals surface area contributed by atoms with Gasteiger partial charge in [-0.1, -0.05) is 41.9 Å². The normalized spacial score (nSPS) is 18.2. The molecular formula is C28H21ClN4O3. The molecule has 36 heavy (non-hydrogen) atoms. The summed E-state index contributed by atoms with van der Waals surface area (Å²) in [6, 6.07) is 20.1. The van der Waals surface area contributed by atoms with Gasteiger partial charge in [-0.05, 0) is 36.4 Å². The molecule has 1 atom stereocenters. The number of aromatic amines is 1. The van der Waals surface area contributed by atoms with E-state index in [1.165, 1.54) is 4.90 Å². The van der Waals surface area contributed by atoms with Crippen molar-refractivity contribution in [3.63, 3.8) is 0 Å². The molecule has 1 aromatic heterocycles. The molecule has 7 rings (SSSR count). The molecule has 3 aliphatic rings. The highest BCUT2D eigenvalue weighted by Crippen LogP contribution is 2.45. The van der Waals surface area contributed by atoms with Crippen molar-refractivity contribution in [2.45, 2.75) is 19.1 Å². The van der Waals surface area contributed by atoms with E-state index in [-0.39, 0.29) is 24.3 Å². The maximum atomic E-state index is 13.7. The fourth-order valence-electron chi connectivity index (χ4n) is 5.78. The fraction of sp³-hybridized carbons (Fsp3) is 0.179. The average Bonchev–Trinajstić information content (AvgIpc) is 3.41. The van der Waals surface area contributed by atoms with Gasteiger partial charge in [0.25, 0.3) is 11.8 Å². The molecule has 4 heterocycles. The second-order valence-corrected chi connectivity index (χ2v) is 9.86. The lowest BCUT2D eigenvalue weighted by molar-refractivity contribution is -0.133. The van der Waals surface area contributed by atoms with Crippen molar-refractivity contribution in [1.82, 2.24) is 14.8 Å². The van der Waals surface area contributed by atoms with Crippen molar-refractivity contribution >= 4 is 45.9 Å². The highest BCUT2D eigenvalue weighted by Gasteiger charge is 2.48. The Bertz CT molecular complexity index is 1610. The Morgan fingerprint density at radius 1 is 0.972 bits per heavy atom. The number of nitrogens with zero attached hydrogens (tertiary/aromatic N) is 3. The monoisotopic (exact) mass is 496 g/mol. The van der Waals surface area contributed by atoms with Gasteiger partial charge < -0.3 is 14.8 Å². The fourth-order valence-corrected chi connectivity index (χ4v) is 5.95. The van der Waals surface area contributed by atoms with Gasteiger partial charge in [-0.15, -0.1) is 0 Å². The van der Waals surface area contributed by atoms with Crippen LogP contribution in [0.3, 0.4) is 0 Å². The number of hydrogen-bond donors (Lipinski definition) is 1. The topological polar surface area (TPSA) is 76.7 Å². The largest absolute Gasteiger partial charge is 0.358 e. The highest BCUT2D eigenvalue weighted by molar-refractivity contribution is 6.31. The number of rotatable bonds is 2. The van der Waals surface area contributed by atoms with Crippen LogP contribution < -0.4 is 4.90 Å². The Balaban J connectivity index is 1.24. The van der Waals surface area contributed by atoms with E-state index in [0.29, 0.717) is 41.3 Å². The van der Waals surface area contributed by atoms with Crippen LogP contribution in [0.15, 0.2) is 66.7 Å². The summed E-state index contributed by atoms with van der Waals surface area (Å²) in [7, 11) is 0. The van der Waals surface area contributed by atoms with Crippen LogP contribution in [0.25, 0.3) is 10.9 Å². The molecule has 3 amide bonds. The van der Waals surface area contributed by atoms with Crippen molar-refractivity contribution < 1.29 is 14.4 Å². The summed E-state index contributed by atoms with van der Waals surface area (Å²) in [6.45, 7) is 0.875. The Hall–Kier alpha value is -4.10. The van der Waals surface area contributed by atoms with Crippen LogP contribution in [0.5, 0.6) is 0 Å². The molecular weight excluding hydrogens is 476 g/mol. The minimum absolute atomic E-state index is 0.117. The molecule has 0 fully saturated rings. The lowest BCUT2D eigenvalue weighted by atomic mass is 10.0. The molecule has 178 valence electrons. The molecule has 4 aromatic rings. The summed E-state index contributed by atoms with van der Waals surface area (Å²) in [5.41, 5.74) is 5.48. The zero-order valence-electron chi connectivity index (χ0n) is 19.2. The number of para-hydroxylation sites is 1. The van der Waals surface area contributed by atoms with Crippen molar-refractivity contribution in [3.05, 3.63) is 99.7 Å². The number of carbonyl (C=O) groups is 3. The van der Waals surface area contributed by atoms with E-state index in [9.17, 15) is 14.4 Å². The zero-order valence-corrected chi connectivity index (χ0v) is 20.0. The Kier molecular flexibility index (Phi) is 4.53. The van der Waals surface area contributed by atoms with Crippen LogP contribution in [0.2, 0.25) is 5.02 Å². The molecule has 8 heteroatoms. The maximum absolute atomic E-state index is 13.7. The van der Waals surface area contributed by atoms with E-state index in [1.807, 2.05) is 42.5 Å². The van der Waals surface area contributed by atoms with E-state index >= 15 is 0 Å². The number of carbonyl (C=O) groups excluding carboxylic acids is 3. The van der Waals surface area contributed by atoms with Crippen LogP contribution in [-0.2, 0) is 17.8 Å². The van der Waals surface area contributed by atoms with Crippen LogP contribution in [-0.4, -0.2) is 45.6 Å². The van der Waals surface area contributed by atoms with Gasteiger partial charge in [0.1, 0.15) is 12.7 Å². The van der Waals surface area contributed by atoms with Gasteiger partial charge in [0, 0.05) is 57.8 Å². The van der Waals surface area contributed by atoms with E-state index in [4.69, 9.17) is 11.6 Å². The Labute approximate surface area is 211 Å². The molecule has 0 saturated heterocycles. The second kappa shape index (κ2) is 7.70. The minimum atomic E-state index is -0.646. The summed E-state index contributed by atoms with van der Waals surface area (Å²) >= 11 is 6.24. The van der Waals surface area contributed by atoms with E-state index in [1.54, 1.807) is 34.1 Å². The molecule has 0 radical (unpaired) electrons. The summed E-state index contributed by atoms with van der Waals surface area (Å²) in [5, 5.41) is 1.66. The van der Waals surface area contributed by atoms with Crippen molar-refractivity contribution in [2.24, 2.45) is 0 Å². The first-order valence-corrected chi connectivity index (χ1v) is 12.3. The molecule has 7 nitrogen and oxygen atoms in total. The summed E-state index contributed by atoms with van der Waals surface area (Å²) < 4.78 is 0. The Morgan fingerprint density at radius 2 is 1.75 bits per heavy atom. The zero-order chi connectivity index (χ0) is 24.6. The number of hydrogen-bond acceptors (Lipinski definition) is 3. The molecule has 0 spiro atoms. The molecule has 0 saturated carbocycles. The number of halogens is 1. The third-order valence-corrected chi connectivity index (χ3v) is 7.71. The predicted octanol–water partition coefficient (Wildman–Crippen LogP) is 4.52. The van der Waals surface area contributed by atoms with E-state index in [2.05, 4.69) is 4.98 Å². The summed E-state index contributed by atoms with van der Waals surface area (Å²) in [4.78, 5) is 49.1. The van der Waals surface area contributed by atoms with Gasteiger partial charge in [0.2, 0.25) is 5.91 Å². The number of aromatic nitrogens is 1. The van der Waals surface area contributed by atoms with Gasteiger partial charge in [0.05, 0.1) is 11.3 Å². The first-order valence-electron chi connectivity index (χ1n) is 11.9. The van der Waals surface area contributed by atoms with Crippen molar-refractivity contribution in [2.75, 3.05) is 18.0 Å². The van der Waals surface area contributed by atoms with E-state index < -0.39 is 6.17 Å².